The summed E-state index contributed by atoms with van der Waals surface area (Å²) >= 11 is 12.3. The van der Waals surface area contributed by atoms with Crippen molar-refractivity contribution in [1.29, 1.82) is 0 Å². The Bertz CT molecular complexity index is 879. The lowest BCUT2D eigenvalue weighted by molar-refractivity contribution is -0.141. The molecule has 1 atom stereocenters. The molecule has 31 heavy (non-hydrogen) atoms. The molecule has 3 rings (SSSR count). The number of hydrogen-bond donors (Lipinski definition) is 1. The van der Waals surface area contributed by atoms with Gasteiger partial charge >= 0.3 is 0 Å². The fourth-order valence-electron chi connectivity index (χ4n) is 4.02. The Balaban J connectivity index is 1.70. The molecule has 0 spiro atoms. The van der Waals surface area contributed by atoms with E-state index in [9.17, 15) is 9.59 Å². The quantitative estimate of drug-likeness (QED) is 0.541. The summed E-state index contributed by atoms with van der Waals surface area (Å²) in [6, 6.07) is 14.6. The van der Waals surface area contributed by atoms with Crippen LogP contribution in [-0.2, 0) is 22.6 Å². The Labute approximate surface area is 194 Å². The first kappa shape index (κ1) is 23.6. The molecule has 0 saturated heterocycles. The third-order valence-corrected chi connectivity index (χ3v) is 6.57. The highest BCUT2D eigenvalue weighted by Crippen LogP contribution is 2.20. The SMILES string of the molecule is C[C@@H](C(=O)NC1CCCCC1)N(Cc1ccc(Cl)cc1)C(=O)CCc1ccccc1Cl. The van der Waals surface area contributed by atoms with Crippen LogP contribution in [0.15, 0.2) is 48.5 Å². The number of amides is 2. The molecule has 1 aliphatic rings. The summed E-state index contributed by atoms with van der Waals surface area (Å²) in [5.41, 5.74) is 1.87. The van der Waals surface area contributed by atoms with Gasteiger partial charge in [-0.1, -0.05) is 72.8 Å². The Kier molecular flexibility index (Phi) is 8.79. The molecule has 0 aliphatic heterocycles. The van der Waals surface area contributed by atoms with Gasteiger partial charge in [0, 0.05) is 29.1 Å². The number of rotatable bonds is 8. The van der Waals surface area contributed by atoms with Gasteiger partial charge in [0.15, 0.2) is 0 Å². The van der Waals surface area contributed by atoms with Gasteiger partial charge in [-0.3, -0.25) is 9.59 Å². The lowest BCUT2D eigenvalue weighted by Gasteiger charge is -2.31. The molecule has 1 N–H and O–H groups in total. The highest BCUT2D eigenvalue weighted by molar-refractivity contribution is 6.31. The van der Waals surface area contributed by atoms with Crippen LogP contribution in [0.5, 0.6) is 0 Å². The third-order valence-electron chi connectivity index (χ3n) is 5.95. The molecule has 2 aromatic carbocycles. The fraction of sp³-hybridized carbons (Fsp3) is 0.440. The van der Waals surface area contributed by atoms with Gasteiger partial charge in [-0.05, 0) is 55.5 Å². The molecule has 1 saturated carbocycles. The van der Waals surface area contributed by atoms with Crippen LogP contribution in [0, 0.1) is 0 Å². The van der Waals surface area contributed by atoms with E-state index < -0.39 is 6.04 Å². The van der Waals surface area contributed by atoms with E-state index in [0.29, 0.717) is 29.4 Å². The predicted octanol–water partition coefficient (Wildman–Crippen LogP) is 5.79. The summed E-state index contributed by atoms with van der Waals surface area (Å²) in [5, 5.41) is 4.45. The van der Waals surface area contributed by atoms with E-state index in [1.54, 1.807) is 17.0 Å². The van der Waals surface area contributed by atoms with Crippen LogP contribution >= 0.6 is 23.2 Å². The molecule has 166 valence electrons. The number of carbonyl (C=O) groups excluding carboxylic acids is 2. The number of nitrogens with zero attached hydrogens (tertiary/aromatic N) is 1. The van der Waals surface area contributed by atoms with Crippen LogP contribution in [0.3, 0.4) is 0 Å². The van der Waals surface area contributed by atoms with Gasteiger partial charge in [-0.2, -0.15) is 0 Å². The molecule has 0 radical (unpaired) electrons. The van der Waals surface area contributed by atoms with Crippen LogP contribution in [0.4, 0.5) is 0 Å². The van der Waals surface area contributed by atoms with E-state index in [0.717, 1.165) is 36.8 Å². The van der Waals surface area contributed by atoms with Gasteiger partial charge in [-0.15, -0.1) is 0 Å². The van der Waals surface area contributed by atoms with Crippen molar-refractivity contribution < 1.29 is 9.59 Å². The van der Waals surface area contributed by atoms with Gasteiger partial charge in [0.2, 0.25) is 11.8 Å². The summed E-state index contributed by atoms with van der Waals surface area (Å²) in [6.45, 7) is 2.17. The topological polar surface area (TPSA) is 49.4 Å². The second-order valence-corrected chi connectivity index (χ2v) is 9.10. The van der Waals surface area contributed by atoms with Crippen molar-refractivity contribution in [3.8, 4) is 0 Å². The number of nitrogens with one attached hydrogen (secondary N) is 1. The minimum atomic E-state index is -0.559. The summed E-state index contributed by atoms with van der Waals surface area (Å²) < 4.78 is 0. The van der Waals surface area contributed by atoms with Gasteiger partial charge < -0.3 is 10.2 Å². The highest BCUT2D eigenvalue weighted by atomic mass is 35.5. The molecule has 1 fully saturated rings. The van der Waals surface area contributed by atoms with Crippen molar-refractivity contribution in [3.63, 3.8) is 0 Å². The molecular weight excluding hydrogens is 431 g/mol. The van der Waals surface area contributed by atoms with Crippen LogP contribution in [0.2, 0.25) is 10.0 Å². The van der Waals surface area contributed by atoms with Gasteiger partial charge in [-0.25, -0.2) is 0 Å². The molecule has 0 unspecified atom stereocenters. The molecule has 2 aromatic rings. The maximum atomic E-state index is 13.2. The van der Waals surface area contributed by atoms with Crippen molar-refractivity contribution in [3.05, 3.63) is 69.7 Å². The van der Waals surface area contributed by atoms with E-state index in [1.807, 2.05) is 43.3 Å². The summed E-state index contributed by atoms with van der Waals surface area (Å²) in [6.07, 6.45) is 6.36. The Morgan fingerprint density at radius 3 is 2.39 bits per heavy atom. The standard InChI is InChI=1S/C25H30Cl2N2O2/c1-18(25(31)28-22-8-3-2-4-9-22)29(17-19-11-14-21(26)15-12-19)24(30)16-13-20-7-5-6-10-23(20)27/h5-7,10-12,14-15,18,22H,2-4,8-9,13,16-17H2,1H3,(H,28,31)/t18-/m0/s1. The fourth-order valence-corrected chi connectivity index (χ4v) is 4.38. The molecule has 0 heterocycles. The third kappa shape index (κ3) is 6.98. The second kappa shape index (κ2) is 11.5. The smallest absolute Gasteiger partial charge is 0.242 e. The zero-order valence-corrected chi connectivity index (χ0v) is 19.5. The number of carbonyl (C=O) groups is 2. The highest BCUT2D eigenvalue weighted by Gasteiger charge is 2.28. The van der Waals surface area contributed by atoms with Gasteiger partial charge in [0.1, 0.15) is 6.04 Å². The van der Waals surface area contributed by atoms with E-state index >= 15 is 0 Å². The van der Waals surface area contributed by atoms with Gasteiger partial charge in [0.05, 0.1) is 0 Å². The summed E-state index contributed by atoms with van der Waals surface area (Å²) in [5.74, 6) is -0.159. The first-order valence-electron chi connectivity index (χ1n) is 11.0. The van der Waals surface area contributed by atoms with E-state index in [2.05, 4.69) is 5.32 Å². The molecule has 4 nitrogen and oxygen atoms in total. The predicted molar refractivity (Wildman–Crippen MR) is 126 cm³/mol. The van der Waals surface area contributed by atoms with E-state index in [4.69, 9.17) is 23.2 Å². The lowest BCUT2D eigenvalue weighted by atomic mass is 9.95. The summed E-state index contributed by atoms with van der Waals surface area (Å²) in [7, 11) is 0. The first-order valence-corrected chi connectivity index (χ1v) is 11.8. The van der Waals surface area contributed by atoms with Crippen molar-refractivity contribution in [2.45, 2.75) is 70.5 Å². The lowest BCUT2D eigenvalue weighted by Crippen LogP contribution is -2.50. The number of aryl methyl sites for hydroxylation is 1. The monoisotopic (exact) mass is 460 g/mol. The van der Waals surface area contributed by atoms with Crippen molar-refractivity contribution in [2.24, 2.45) is 0 Å². The minimum absolute atomic E-state index is 0.0684. The molecule has 0 bridgehead atoms. The second-order valence-electron chi connectivity index (χ2n) is 8.26. The maximum absolute atomic E-state index is 13.2. The normalized spacial score (nSPS) is 15.3. The van der Waals surface area contributed by atoms with Crippen molar-refractivity contribution >= 4 is 35.0 Å². The zero-order valence-electron chi connectivity index (χ0n) is 17.9. The first-order chi connectivity index (χ1) is 14.9. The van der Waals surface area contributed by atoms with Crippen LogP contribution in [-0.4, -0.2) is 28.8 Å². The molecule has 6 heteroatoms. The van der Waals surface area contributed by atoms with E-state index in [1.165, 1.54) is 6.42 Å². The number of halogens is 2. The largest absolute Gasteiger partial charge is 0.352 e. The van der Waals surface area contributed by atoms with Crippen LogP contribution in [0.1, 0.15) is 56.6 Å². The average molecular weight is 461 g/mol. The minimum Gasteiger partial charge on any atom is -0.352 e. The number of benzene rings is 2. The van der Waals surface area contributed by atoms with Gasteiger partial charge in [0.25, 0.3) is 0 Å². The number of hydrogen-bond acceptors (Lipinski definition) is 2. The van der Waals surface area contributed by atoms with Crippen molar-refractivity contribution in [2.75, 3.05) is 0 Å². The molecular formula is C25H30Cl2N2O2. The Morgan fingerprint density at radius 2 is 1.71 bits per heavy atom. The molecule has 1 aliphatic carbocycles. The maximum Gasteiger partial charge on any atom is 0.242 e. The zero-order chi connectivity index (χ0) is 22.2. The van der Waals surface area contributed by atoms with Crippen molar-refractivity contribution in [1.82, 2.24) is 10.2 Å². The molecule has 0 aromatic heterocycles. The summed E-state index contributed by atoms with van der Waals surface area (Å²) in [4.78, 5) is 27.9. The van der Waals surface area contributed by atoms with E-state index in [-0.39, 0.29) is 17.9 Å². The van der Waals surface area contributed by atoms with Crippen LogP contribution in [0.25, 0.3) is 0 Å². The van der Waals surface area contributed by atoms with Crippen LogP contribution < -0.4 is 5.32 Å². The Morgan fingerprint density at radius 1 is 1.03 bits per heavy atom. The molecule has 2 amide bonds. The Hall–Kier alpha value is -2.04. The average Bonchev–Trinajstić information content (AvgIpc) is 2.78.